The molecule has 0 spiro atoms. The molecule has 4 rings (SSSR count). The van der Waals surface area contributed by atoms with Crippen molar-refractivity contribution in [3.63, 3.8) is 0 Å². The van der Waals surface area contributed by atoms with Crippen LogP contribution in [0.5, 0.6) is 0 Å². The van der Waals surface area contributed by atoms with E-state index < -0.39 is 0 Å². The minimum atomic E-state index is 0.365. The van der Waals surface area contributed by atoms with Gasteiger partial charge in [-0.3, -0.25) is 5.41 Å². The minimum Gasteiger partial charge on any atom is -0.326 e. The molecule has 1 unspecified atom stereocenters. The van der Waals surface area contributed by atoms with E-state index in [0.717, 1.165) is 17.8 Å². The summed E-state index contributed by atoms with van der Waals surface area (Å²) in [6.07, 6.45) is 5.41. The van der Waals surface area contributed by atoms with Crippen LogP contribution < -0.4 is 10.2 Å². The smallest absolute Gasteiger partial charge is 0.199 e. The molecule has 0 aromatic heterocycles. The molecule has 0 radical (unpaired) electrons. The van der Waals surface area contributed by atoms with Gasteiger partial charge in [-0.05, 0) is 52.4 Å². The molecule has 1 atom stereocenters. The van der Waals surface area contributed by atoms with E-state index in [4.69, 9.17) is 5.41 Å². The van der Waals surface area contributed by atoms with Gasteiger partial charge in [-0.25, -0.2) is 0 Å². The number of nitrogens with zero attached hydrogens (tertiary/aromatic N) is 1. The fourth-order valence-electron chi connectivity index (χ4n) is 3.70. The van der Waals surface area contributed by atoms with E-state index in [2.05, 4.69) is 79.8 Å². The van der Waals surface area contributed by atoms with Crippen molar-refractivity contribution < 1.29 is 0 Å². The molecule has 3 aromatic carbocycles. The lowest BCUT2D eigenvalue weighted by molar-refractivity contribution is 0.734. The Labute approximate surface area is 160 Å². The summed E-state index contributed by atoms with van der Waals surface area (Å²) in [7, 11) is 1.94. The van der Waals surface area contributed by atoms with Crippen molar-refractivity contribution in [3.8, 4) is 0 Å². The highest BCUT2D eigenvalue weighted by Gasteiger charge is 2.17. The van der Waals surface area contributed by atoms with Crippen LogP contribution in [0.25, 0.3) is 22.9 Å². The Balaban J connectivity index is 1.61. The van der Waals surface area contributed by atoms with E-state index in [-0.39, 0.29) is 0 Å². The molecule has 0 saturated heterocycles. The Bertz CT molecular complexity index is 1050. The molecule has 3 nitrogen and oxygen atoms in total. The van der Waals surface area contributed by atoms with Gasteiger partial charge in [0.05, 0.1) is 5.69 Å². The zero-order valence-corrected chi connectivity index (χ0v) is 16.1. The molecule has 136 valence electrons. The number of rotatable bonds is 4. The number of hydrogen-bond acceptors (Lipinski definition) is 1. The first-order valence-electron chi connectivity index (χ1n) is 9.51. The van der Waals surface area contributed by atoms with E-state index in [1.54, 1.807) is 0 Å². The summed E-state index contributed by atoms with van der Waals surface area (Å²) >= 11 is 0. The fourth-order valence-corrected chi connectivity index (χ4v) is 3.70. The van der Waals surface area contributed by atoms with Crippen molar-refractivity contribution in [1.29, 1.82) is 5.41 Å². The number of guanidine groups is 1. The first-order valence-corrected chi connectivity index (χ1v) is 9.51. The monoisotopic (exact) mass is 355 g/mol. The van der Waals surface area contributed by atoms with Crippen molar-refractivity contribution in [2.24, 2.45) is 0 Å². The van der Waals surface area contributed by atoms with Crippen molar-refractivity contribution in [2.45, 2.75) is 26.2 Å². The average Bonchev–Trinajstić information content (AvgIpc) is 3.13. The number of benzene rings is 3. The van der Waals surface area contributed by atoms with E-state index in [1.807, 2.05) is 18.0 Å². The van der Waals surface area contributed by atoms with Gasteiger partial charge >= 0.3 is 0 Å². The van der Waals surface area contributed by atoms with Crippen LogP contribution in [0, 0.1) is 5.41 Å². The largest absolute Gasteiger partial charge is 0.326 e. The molecular weight excluding hydrogens is 330 g/mol. The third kappa shape index (κ3) is 3.10. The summed E-state index contributed by atoms with van der Waals surface area (Å²) in [5.41, 5.74) is 5.73. The summed E-state index contributed by atoms with van der Waals surface area (Å²) in [5.74, 6) is 0.883. The Morgan fingerprint density at radius 2 is 1.89 bits per heavy atom. The van der Waals surface area contributed by atoms with Gasteiger partial charge in [0.25, 0.3) is 0 Å². The zero-order valence-electron chi connectivity index (χ0n) is 16.1. The molecule has 3 heteroatoms. The molecular formula is C24H25N3. The van der Waals surface area contributed by atoms with Crippen molar-refractivity contribution in [3.05, 3.63) is 71.3 Å². The molecule has 0 fully saturated rings. The van der Waals surface area contributed by atoms with Gasteiger partial charge in [0.2, 0.25) is 0 Å². The second-order valence-corrected chi connectivity index (χ2v) is 7.24. The van der Waals surface area contributed by atoms with Gasteiger partial charge in [-0.2, -0.15) is 0 Å². The lowest BCUT2D eigenvalue weighted by atomic mass is 9.98. The van der Waals surface area contributed by atoms with Gasteiger partial charge in [-0.1, -0.05) is 62.4 Å². The van der Waals surface area contributed by atoms with Crippen LogP contribution in [-0.2, 0) is 0 Å². The van der Waals surface area contributed by atoms with Crippen molar-refractivity contribution >= 4 is 40.3 Å². The minimum absolute atomic E-state index is 0.365. The standard InChI is InChI=1S/C24H25N3/c1-4-16(2)19-9-6-10-20(15-19)26-24(25)27(3)22-14-12-18-8-5-7-17-11-13-21(22)23(17)18/h5-16H,4H2,1-3H3,(H2,25,26). The first kappa shape index (κ1) is 17.3. The van der Waals surface area contributed by atoms with Crippen LogP contribution >= 0.6 is 0 Å². The Hall–Kier alpha value is -3.07. The second-order valence-electron chi connectivity index (χ2n) is 7.24. The van der Waals surface area contributed by atoms with E-state index >= 15 is 0 Å². The van der Waals surface area contributed by atoms with Crippen LogP contribution in [0.2, 0.25) is 0 Å². The number of anilines is 2. The Morgan fingerprint density at radius 3 is 2.70 bits per heavy atom. The maximum Gasteiger partial charge on any atom is 0.199 e. The third-order valence-corrected chi connectivity index (χ3v) is 5.55. The van der Waals surface area contributed by atoms with Gasteiger partial charge in [-0.15, -0.1) is 0 Å². The molecule has 3 aromatic rings. The third-order valence-electron chi connectivity index (χ3n) is 5.55. The molecule has 1 aliphatic carbocycles. The van der Waals surface area contributed by atoms with Crippen molar-refractivity contribution in [2.75, 3.05) is 17.3 Å². The molecule has 0 amide bonds. The predicted octanol–water partition coefficient (Wildman–Crippen LogP) is 6.32. The summed E-state index contributed by atoms with van der Waals surface area (Å²) < 4.78 is 0. The summed E-state index contributed by atoms with van der Waals surface area (Å²) in [5, 5.41) is 14.4. The fraction of sp³-hybridized carbons (Fsp3) is 0.208. The maximum absolute atomic E-state index is 8.58. The quantitative estimate of drug-likeness (QED) is 0.332. The van der Waals surface area contributed by atoms with Crippen LogP contribution in [0.4, 0.5) is 11.4 Å². The maximum atomic E-state index is 8.58. The molecule has 0 heterocycles. The van der Waals surface area contributed by atoms with E-state index in [0.29, 0.717) is 11.9 Å². The van der Waals surface area contributed by atoms with E-state index in [1.165, 1.54) is 27.5 Å². The average molecular weight is 355 g/mol. The second kappa shape index (κ2) is 6.92. The zero-order chi connectivity index (χ0) is 19.0. The van der Waals surface area contributed by atoms with Gasteiger partial charge < -0.3 is 10.2 Å². The summed E-state index contributed by atoms with van der Waals surface area (Å²) in [4.78, 5) is 1.91. The van der Waals surface area contributed by atoms with Crippen LogP contribution in [0.15, 0.2) is 54.6 Å². The van der Waals surface area contributed by atoms with Gasteiger partial charge in [0.15, 0.2) is 5.96 Å². The highest BCUT2D eigenvalue weighted by atomic mass is 15.3. The highest BCUT2D eigenvalue weighted by molar-refractivity contribution is 6.12. The SMILES string of the molecule is CCC(C)c1cccc(NC(=N)N(C)c2ccc3cccc4c3c2C=C4)c1. The summed E-state index contributed by atoms with van der Waals surface area (Å²) in [6.45, 7) is 4.43. The van der Waals surface area contributed by atoms with Gasteiger partial charge in [0.1, 0.15) is 0 Å². The molecule has 1 aliphatic rings. The highest BCUT2D eigenvalue weighted by Crippen LogP contribution is 2.37. The molecule has 27 heavy (non-hydrogen) atoms. The Morgan fingerprint density at radius 1 is 1.07 bits per heavy atom. The van der Waals surface area contributed by atoms with Crippen molar-refractivity contribution in [1.82, 2.24) is 0 Å². The molecule has 0 bridgehead atoms. The predicted molar refractivity (Wildman–Crippen MR) is 118 cm³/mol. The van der Waals surface area contributed by atoms with Gasteiger partial charge in [0, 0.05) is 18.3 Å². The topological polar surface area (TPSA) is 39.1 Å². The van der Waals surface area contributed by atoms with Crippen LogP contribution in [0.1, 0.15) is 42.9 Å². The number of hydrogen-bond donors (Lipinski definition) is 2. The van der Waals surface area contributed by atoms with E-state index in [9.17, 15) is 0 Å². The molecule has 0 aliphatic heterocycles. The molecule has 0 saturated carbocycles. The Kier molecular flexibility index (Phi) is 4.44. The molecule has 2 N–H and O–H groups in total. The summed E-state index contributed by atoms with van der Waals surface area (Å²) in [6, 6.07) is 19.0. The normalized spacial score (nSPS) is 13.0. The van der Waals surface area contributed by atoms with Crippen LogP contribution in [0.3, 0.4) is 0 Å². The van der Waals surface area contributed by atoms with Crippen LogP contribution in [-0.4, -0.2) is 13.0 Å². The number of nitrogens with one attached hydrogen (secondary N) is 2. The lowest BCUT2D eigenvalue weighted by Crippen LogP contribution is -2.32. The first-order chi connectivity index (χ1) is 13.1. The lowest BCUT2D eigenvalue weighted by Gasteiger charge is -2.24.